The second-order valence-corrected chi connectivity index (χ2v) is 6.75. The zero-order chi connectivity index (χ0) is 17.3. The van der Waals surface area contributed by atoms with Gasteiger partial charge in [-0.1, -0.05) is 25.1 Å². The van der Waals surface area contributed by atoms with E-state index in [4.69, 9.17) is 0 Å². The van der Waals surface area contributed by atoms with E-state index in [2.05, 4.69) is 5.32 Å². The van der Waals surface area contributed by atoms with Crippen LogP contribution in [-0.4, -0.2) is 36.5 Å². The minimum absolute atomic E-state index is 0.0754. The molecule has 1 aliphatic heterocycles. The summed E-state index contributed by atoms with van der Waals surface area (Å²) in [5, 5.41) is 3.27. The highest BCUT2D eigenvalue weighted by atomic mass is 19.4. The maximum Gasteiger partial charge on any atom is 0.416 e. The maximum atomic E-state index is 12.9. The van der Waals surface area contributed by atoms with Gasteiger partial charge in [0.05, 0.1) is 5.56 Å². The molecular weight excluding hydrogens is 317 g/mol. The van der Waals surface area contributed by atoms with Gasteiger partial charge in [-0.25, -0.2) is 0 Å². The predicted octanol–water partition coefficient (Wildman–Crippen LogP) is 3.41. The molecule has 1 saturated heterocycles. The van der Waals surface area contributed by atoms with Crippen LogP contribution in [0.2, 0.25) is 0 Å². The van der Waals surface area contributed by atoms with Crippen LogP contribution in [-0.2, 0) is 11.0 Å². The monoisotopic (exact) mass is 340 g/mol. The number of benzene rings is 1. The first-order valence-corrected chi connectivity index (χ1v) is 8.60. The van der Waals surface area contributed by atoms with Crippen molar-refractivity contribution in [2.45, 2.75) is 44.3 Å². The lowest BCUT2D eigenvalue weighted by Gasteiger charge is -2.28. The largest absolute Gasteiger partial charge is 0.416 e. The van der Waals surface area contributed by atoms with Crippen LogP contribution in [0.4, 0.5) is 13.2 Å². The Morgan fingerprint density at radius 1 is 1.38 bits per heavy atom. The van der Waals surface area contributed by atoms with Crippen LogP contribution in [0.25, 0.3) is 0 Å². The summed E-state index contributed by atoms with van der Waals surface area (Å²) in [4.78, 5) is 14.8. The molecule has 132 valence electrons. The van der Waals surface area contributed by atoms with Gasteiger partial charge in [0, 0.05) is 25.0 Å². The lowest BCUT2D eigenvalue weighted by molar-refractivity contribution is -0.137. The highest BCUT2D eigenvalue weighted by Gasteiger charge is 2.47. The van der Waals surface area contributed by atoms with Crippen molar-refractivity contribution in [3.8, 4) is 0 Å². The number of alkyl halides is 3. The van der Waals surface area contributed by atoms with E-state index in [0.717, 1.165) is 38.5 Å². The Hall–Kier alpha value is -1.56. The van der Waals surface area contributed by atoms with Gasteiger partial charge < -0.3 is 10.2 Å². The van der Waals surface area contributed by atoms with Crippen molar-refractivity contribution in [2.75, 3.05) is 19.6 Å². The van der Waals surface area contributed by atoms with Gasteiger partial charge in [0.15, 0.2) is 0 Å². The van der Waals surface area contributed by atoms with E-state index in [0.29, 0.717) is 12.0 Å². The lowest BCUT2D eigenvalue weighted by atomic mass is 10.0. The first kappa shape index (κ1) is 17.3. The molecule has 3 nitrogen and oxygen atoms in total. The van der Waals surface area contributed by atoms with Crippen molar-refractivity contribution in [1.82, 2.24) is 10.2 Å². The summed E-state index contributed by atoms with van der Waals surface area (Å²) in [7, 11) is 0. The third-order valence-electron chi connectivity index (χ3n) is 4.97. The van der Waals surface area contributed by atoms with Crippen molar-refractivity contribution in [3.05, 3.63) is 35.4 Å². The maximum absolute atomic E-state index is 12.9. The first-order chi connectivity index (χ1) is 11.4. The van der Waals surface area contributed by atoms with Crippen LogP contribution >= 0.6 is 0 Å². The molecule has 0 radical (unpaired) electrons. The lowest BCUT2D eigenvalue weighted by Crippen LogP contribution is -2.43. The molecule has 3 unspecified atom stereocenters. The SMILES string of the molecule is CCCN(C(=O)C1CC1c1cccc(C(F)(F)F)c1)C1CCNC1. The van der Waals surface area contributed by atoms with Crippen molar-refractivity contribution in [2.24, 2.45) is 5.92 Å². The molecule has 24 heavy (non-hydrogen) atoms. The molecule has 1 aromatic rings. The van der Waals surface area contributed by atoms with E-state index in [1.165, 1.54) is 12.1 Å². The van der Waals surface area contributed by atoms with Gasteiger partial charge in [0.1, 0.15) is 0 Å². The molecular formula is C18H23F3N2O. The summed E-state index contributed by atoms with van der Waals surface area (Å²) in [5.41, 5.74) is -0.00678. The predicted molar refractivity (Wildman–Crippen MR) is 85.6 cm³/mol. The highest BCUT2D eigenvalue weighted by molar-refractivity contribution is 5.83. The second kappa shape index (κ2) is 6.75. The Kier molecular flexibility index (Phi) is 4.85. The molecule has 1 amide bonds. The topological polar surface area (TPSA) is 32.3 Å². The number of rotatable bonds is 5. The van der Waals surface area contributed by atoms with Crippen LogP contribution in [0.5, 0.6) is 0 Å². The Labute approximate surface area is 140 Å². The number of hydrogen-bond acceptors (Lipinski definition) is 2. The highest BCUT2D eigenvalue weighted by Crippen LogP contribution is 2.49. The molecule has 1 N–H and O–H groups in total. The summed E-state index contributed by atoms with van der Waals surface area (Å²) in [6.45, 7) is 4.49. The van der Waals surface area contributed by atoms with Crippen LogP contribution in [0.3, 0.4) is 0 Å². The van der Waals surface area contributed by atoms with Gasteiger partial charge in [-0.3, -0.25) is 4.79 Å². The number of carbonyl (C=O) groups excluding carboxylic acids is 1. The van der Waals surface area contributed by atoms with E-state index in [9.17, 15) is 18.0 Å². The number of nitrogens with zero attached hydrogens (tertiary/aromatic N) is 1. The smallest absolute Gasteiger partial charge is 0.338 e. The molecule has 0 bridgehead atoms. The van der Waals surface area contributed by atoms with Gasteiger partial charge >= 0.3 is 6.18 Å². The van der Waals surface area contributed by atoms with Crippen molar-refractivity contribution in [3.63, 3.8) is 0 Å². The quantitative estimate of drug-likeness (QED) is 0.891. The van der Waals surface area contributed by atoms with Crippen molar-refractivity contribution < 1.29 is 18.0 Å². The van der Waals surface area contributed by atoms with Gasteiger partial charge in [-0.2, -0.15) is 13.2 Å². The van der Waals surface area contributed by atoms with Gasteiger partial charge in [-0.05, 0) is 43.4 Å². The summed E-state index contributed by atoms with van der Waals surface area (Å²) in [6.07, 6.45) is -1.84. The van der Waals surface area contributed by atoms with Crippen LogP contribution in [0.1, 0.15) is 43.2 Å². The zero-order valence-corrected chi connectivity index (χ0v) is 13.8. The van der Waals surface area contributed by atoms with Gasteiger partial charge in [0.25, 0.3) is 0 Å². The Bertz CT molecular complexity index is 596. The molecule has 0 spiro atoms. The summed E-state index contributed by atoms with van der Waals surface area (Å²) in [5.74, 6) is -0.137. The number of halogens is 3. The van der Waals surface area contributed by atoms with Gasteiger partial charge in [0.2, 0.25) is 5.91 Å². The summed E-state index contributed by atoms with van der Waals surface area (Å²) >= 11 is 0. The number of carbonyl (C=O) groups is 1. The van der Waals surface area contributed by atoms with E-state index in [-0.39, 0.29) is 23.8 Å². The molecule has 1 heterocycles. The molecule has 1 saturated carbocycles. The van der Waals surface area contributed by atoms with Crippen LogP contribution < -0.4 is 5.32 Å². The minimum atomic E-state index is -4.34. The fourth-order valence-electron chi connectivity index (χ4n) is 3.61. The third kappa shape index (κ3) is 3.58. The van der Waals surface area contributed by atoms with Crippen molar-refractivity contribution >= 4 is 5.91 Å². The van der Waals surface area contributed by atoms with E-state index in [1.807, 2.05) is 11.8 Å². The molecule has 0 aromatic heterocycles. The number of hydrogen-bond donors (Lipinski definition) is 1. The number of nitrogens with one attached hydrogen (secondary N) is 1. The van der Waals surface area contributed by atoms with Crippen LogP contribution in [0, 0.1) is 5.92 Å². The second-order valence-electron chi connectivity index (χ2n) is 6.75. The molecule has 1 aromatic carbocycles. The summed E-state index contributed by atoms with van der Waals surface area (Å²) < 4.78 is 38.6. The Morgan fingerprint density at radius 3 is 2.79 bits per heavy atom. The zero-order valence-electron chi connectivity index (χ0n) is 13.8. The first-order valence-electron chi connectivity index (χ1n) is 8.60. The average Bonchev–Trinajstić information content (AvgIpc) is 3.17. The standard InChI is InChI=1S/C18H23F3N2O/c1-2-8-23(14-6-7-22-11-14)17(24)16-10-15(16)12-4-3-5-13(9-12)18(19,20)21/h3-5,9,14-16,22H,2,6-8,10-11H2,1H3. The third-order valence-corrected chi connectivity index (χ3v) is 4.97. The Morgan fingerprint density at radius 2 is 2.17 bits per heavy atom. The molecule has 6 heteroatoms. The van der Waals surface area contributed by atoms with Crippen molar-refractivity contribution in [1.29, 1.82) is 0 Å². The fraction of sp³-hybridized carbons (Fsp3) is 0.611. The number of amides is 1. The molecule has 3 atom stereocenters. The summed E-state index contributed by atoms with van der Waals surface area (Å²) in [6, 6.07) is 5.63. The fourth-order valence-corrected chi connectivity index (χ4v) is 3.61. The molecule has 1 aliphatic carbocycles. The molecule has 3 rings (SSSR count). The Balaban J connectivity index is 1.70. The van der Waals surface area contributed by atoms with E-state index >= 15 is 0 Å². The molecule has 2 aliphatic rings. The average molecular weight is 340 g/mol. The van der Waals surface area contributed by atoms with E-state index in [1.54, 1.807) is 6.07 Å². The van der Waals surface area contributed by atoms with E-state index < -0.39 is 11.7 Å². The van der Waals surface area contributed by atoms with Gasteiger partial charge in [-0.15, -0.1) is 0 Å². The van der Waals surface area contributed by atoms with Crippen LogP contribution in [0.15, 0.2) is 24.3 Å². The molecule has 2 fully saturated rings. The minimum Gasteiger partial charge on any atom is -0.338 e. The normalized spacial score (nSPS) is 26.4.